The Morgan fingerprint density at radius 3 is 2.15 bits per heavy atom. The van der Waals surface area contributed by atoms with E-state index in [4.69, 9.17) is 0 Å². The van der Waals surface area contributed by atoms with Gasteiger partial charge in [0.15, 0.2) is 5.17 Å². The Balaban J connectivity index is 2.09. The quantitative estimate of drug-likeness (QED) is 0.755. The van der Waals surface area contributed by atoms with Gasteiger partial charge in [0, 0.05) is 20.3 Å². The van der Waals surface area contributed by atoms with Gasteiger partial charge in [-0.25, -0.2) is 0 Å². The molecule has 1 saturated heterocycles. The zero-order valence-corrected chi connectivity index (χ0v) is 15.9. The predicted octanol–water partition coefficient (Wildman–Crippen LogP) is 2.91. The molecule has 0 spiro atoms. The second-order valence-electron chi connectivity index (χ2n) is 5.70. The number of hydrogen-bond acceptors (Lipinski definition) is 5. The summed E-state index contributed by atoms with van der Waals surface area (Å²) >= 11 is 1.04. The van der Waals surface area contributed by atoms with Crippen LogP contribution in [-0.4, -0.2) is 38.5 Å². The van der Waals surface area contributed by atoms with Crippen molar-refractivity contribution in [2.45, 2.75) is 4.90 Å². The maximum atomic E-state index is 12.8. The lowest BCUT2D eigenvalue weighted by Crippen LogP contribution is -2.29. The fourth-order valence-electron chi connectivity index (χ4n) is 2.31. The van der Waals surface area contributed by atoms with Crippen molar-refractivity contribution in [1.82, 2.24) is 4.90 Å². The number of amidine groups is 1. The van der Waals surface area contributed by atoms with Gasteiger partial charge in [-0.1, -0.05) is 36.4 Å². The molecule has 0 aliphatic carbocycles. The Labute approximate surface area is 156 Å². The summed E-state index contributed by atoms with van der Waals surface area (Å²) in [5.74, 6) is -0.308. The van der Waals surface area contributed by atoms with Crippen LogP contribution >= 0.6 is 11.8 Å². The maximum absolute atomic E-state index is 12.8. The van der Waals surface area contributed by atoms with Crippen LogP contribution in [0.25, 0.3) is 0 Å². The third-order valence-corrected chi connectivity index (χ3v) is 5.79. The highest BCUT2D eigenvalue weighted by atomic mass is 32.2. The lowest BCUT2D eigenvalue weighted by atomic mass is 10.3. The van der Waals surface area contributed by atoms with E-state index in [0.29, 0.717) is 10.6 Å². The topological polar surface area (TPSA) is 70.1 Å². The summed E-state index contributed by atoms with van der Waals surface area (Å²) < 4.78 is 29.2. The molecule has 0 bridgehead atoms. The molecule has 0 saturated carbocycles. The monoisotopic (exact) mass is 387 g/mol. The number of anilines is 1. The molecule has 0 unspecified atom stereocenters. The Morgan fingerprint density at radius 1 is 1.00 bits per heavy atom. The first-order chi connectivity index (χ1) is 12.4. The van der Waals surface area contributed by atoms with Crippen molar-refractivity contribution in [3.05, 3.63) is 71.8 Å². The van der Waals surface area contributed by atoms with E-state index < -0.39 is 10.0 Å². The third kappa shape index (κ3) is 3.81. The molecule has 8 heteroatoms. The highest BCUT2D eigenvalue weighted by Crippen LogP contribution is 2.35. The molecule has 134 valence electrons. The summed E-state index contributed by atoms with van der Waals surface area (Å²) in [4.78, 5) is 16.3. The molecule has 1 amide bonds. The minimum atomic E-state index is -3.93. The van der Waals surface area contributed by atoms with Gasteiger partial charge in [0.25, 0.3) is 15.9 Å². The van der Waals surface area contributed by atoms with Crippen LogP contribution in [0.4, 0.5) is 5.69 Å². The molecule has 1 heterocycles. The molecule has 0 radical (unpaired) electrons. The summed E-state index contributed by atoms with van der Waals surface area (Å²) in [5, 5.41) is 0.109. The van der Waals surface area contributed by atoms with Gasteiger partial charge in [-0.15, -0.1) is 4.40 Å². The van der Waals surface area contributed by atoms with Gasteiger partial charge in [-0.05, 0) is 36.0 Å². The number of carbonyl (C=O) groups is 1. The van der Waals surface area contributed by atoms with Gasteiger partial charge in [-0.2, -0.15) is 8.42 Å². The number of hydrogen-bond donors (Lipinski definition) is 0. The van der Waals surface area contributed by atoms with Crippen LogP contribution in [0.1, 0.15) is 0 Å². The van der Waals surface area contributed by atoms with Crippen LogP contribution < -0.4 is 4.90 Å². The van der Waals surface area contributed by atoms with Crippen LogP contribution in [-0.2, 0) is 14.8 Å². The van der Waals surface area contributed by atoms with E-state index in [1.165, 1.54) is 17.0 Å². The number of sulfonamides is 1. The molecule has 0 N–H and O–H groups in total. The molecular formula is C18H17N3O3S2. The summed E-state index contributed by atoms with van der Waals surface area (Å²) in [6.45, 7) is 0. The molecule has 1 fully saturated rings. The first-order valence-electron chi connectivity index (χ1n) is 7.74. The number of nitrogens with zero attached hydrogens (tertiary/aromatic N) is 3. The van der Waals surface area contributed by atoms with Crippen molar-refractivity contribution in [2.75, 3.05) is 19.0 Å². The Kier molecular flexibility index (Phi) is 5.15. The average Bonchev–Trinajstić information content (AvgIpc) is 2.90. The van der Waals surface area contributed by atoms with Crippen molar-refractivity contribution in [1.29, 1.82) is 0 Å². The summed E-state index contributed by atoms with van der Waals surface area (Å²) in [6.07, 6.45) is 1.65. The van der Waals surface area contributed by atoms with Crippen LogP contribution in [0, 0.1) is 0 Å². The Hall–Kier alpha value is -2.58. The van der Waals surface area contributed by atoms with Gasteiger partial charge in [0.2, 0.25) is 0 Å². The number of benzene rings is 2. The number of para-hydroxylation sites is 1. The van der Waals surface area contributed by atoms with E-state index in [-0.39, 0.29) is 16.0 Å². The predicted molar refractivity (Wildman–Crippen MR) is 104 cm³/mol. The van der Waals surface area contributed by atoms with Crippen LogP contribution in [0.3, 0.4) is 0 Å². The summed E-state index contributed by atoms with van der Waals surface area (Å²) in [6, 6.07) is 16.8. The average molecular weight is 387 g/mol. The summed E-state index contributed by atoms with van der Waals surface area (Å²) in [7, 11) is -0.337. The molecule has 1 aliphatic rings. The van der Waals surface area contributed by atoms with Gasteiger partial charge < -0.3 is 4.90 Å². The Morgan fingerprint density at radius 2 is 1.58 bits per heavy atom. The number of thioether (sulfide) groups is 1. The van der Waals surface area contributed by atoms with E-state index in [2.05, 4.69) is 4.40 Å². The van der Waals surface area contributed by atoms with Crippen LogP contribution in [0.15, 0.2) is 81.1 Å². The van der Waals surface area contributed by atoms with Crippen LogP contribution in [0.5, 0.6) is 0 Å². The second kappa shape index (κ2) is 7.35. The fraction of sp³-hybridized carbons (Fsp3) is 0.111. The smallest absolute Gasteiger partial charge is 0.284 e. The van der Waals surface area contributed by atoms with Gasteiger partial charge in [0.05, 0.1) is 15.5 Å². The molecule has 2 aromatic carbocycles. The van der Waals surface area contributed by atoms with Crippen molar-refractivity contribution >= 4 is 38.5 Å². The lowest BCUT2D eigenvalue weighted by molar-refractivity contribution is -0.113. The fourth-order valence-corrected chi connectivity index (χ4v) is 4.57. The van der Waals surface area contributed by atoms with Crippen molar-refractivity contribution < 1.29 is 13.2 Å². The number of carbonyl (C=O) groups excluding carboxylic acids is 1. The molecule has 3 rings (SSSR count). The standard InChI is InChI=1S/C18H17N3O3S2/c1-20(2)13-16-17(22)21(14-9-5-3-6-10-14)18(25-16)19-26(23,24)15-11-7-4-8-12-15/h3-13H,1-2H3/b16-13+,19-18+. The molecular weight excluding hydrogens is 370 g/mol. The SMILES string of the molecule is CN(C)/C=C1/S/C(=N/S(=O)(=O)c2ccccc2)N(c2ccccc2)C1=O. The van der Waals surface area contributed by atoms with Crippen molar-refractivity contribution in [3.8, 4) is 0 Å². The van der Waals surface area contributed by atoms with E-state index in [1.54, 1.807) is 67.7 Å². The highest BCUT2D eigenvalue weighted by molar-refractivity contribution is 8.19. The van der Waals surface area contributed by atoms with Gasteiger partial charge >= 0.3 is 0 Å². The first-order valence-corrected chi connectivity index (χ1v) is 10.00. The zero-order chi connectivity index (χ0) is 18.7. The normalized spacial score (nSPS) is 17.9. The molecule has 26 heavy (non-hydrogen) atoms. The lowest BCUT2D eigenvalue weighted by Gasteiger charge is -2.15. The van der Waals surface area contributed by atoms with Crippen LogP contribution in [0.2, 0.25) is 0 Å². The molecule has 0 aromatic heterocycles. The highest BCUT2D eigenvalue weighted by Gasteiger charge is 2.36. The second-order valence-corrected chi connectivity index (χ2v) is 8.31. The molecule has 6 nitrogen and oxygen atoms in total. The van der Waals surface area contributed by atoms with E-state index in [0.717, 1.165) is 11.8 Å². The minimum absolute atomic E-state index is 0.0820. The molecule has 1 aliphatic heterocycles. The zero-order valence-electron chi connectivity index (χ0n) is 14.2. The van der Waals surface area contributed by atoms with Gasteiger partial charge in [0.1, 0.15) is 0 Å². The van der Waals surface area contributed by atoms with E-state index in [1.807, 2.05) is 6.07 Å². The van der Waals surface area contributed by atoms with E-state index >= 15 is 0 Å². The van der Waals surface area contributed by atoms with Gasteiger partial charge in [-0.3, -0.25) is 9.69 Å². The van der Waals surface area contributed by atoms with E-state index in [9.17, 15) is 13.2 Å². The summed E-state index contributed by atoms with van der Waals surface area (Å²) in [5.41, 5.74) is 0.564. The first kappa shape index (κ1) is 18.2. The number of amides is 1. The van der Waals surface area contributed by atoms with Crippen molar-refractivity contribution in [2.24, 2.45) is 4.40 Å². The Bertz CT molecular complexity index is 969. The number of rotatable bonds is 4. The minimum Gasteiger partial charge on any atom is -0.382 e. The third-order valence-electron chi connectivity index (χ3n) is 3.44. The molecule has 2 aromatic rings. The largest absolute Gasteiger partial charge is 0.382 e. The maximum Gasteiger partial charge on any atom is 0.284 e. The molecule has 0 atom stereocenters. The van der Waals surface area contributed by atoms with Crippen molar-refractivity contribution in [3.63, 3.8) is 0 Å².